The molecule has 0 spiro atoms. The Morgan fingerprint density at radius 3 is 2.57 bits per heavy atom. The van der Waals surface area contributed by atoms with Crippen molar-refractivity contribution in [2.45, 2.75) is 77.4 Å². The first kappa shape index (κ1) is 24.8. The highest BCUT2D eigenvalue weighted by Gasteiger charge is 2.37. The van der Waals surface area contributed by atoms with Crippen LogP contribution in [-0.4, -0.2) is 34.4 Å². The van der Waals surface area contributed by atoms with E-state index < -0.39 is 11.7 Å². The Bertz CT molecular complexity index is 1150. The summed E-state index contributed by atoms with van der Waals surface area (Å²) in [5, 5.41) is 16.0. The zero-order valence-electron chi connectivity index (χ0n) is 20.6. The molecule has 2 amide bonds. The van der Waals surface area contributed by atoms with Crippen molar-refractivity contribution in [1.82, 2.24) is 10.3 Å². The van der Waals surface area contributed by atoms with Crippen molar-refractivity contribution in [2.75, 3.05) is 5.32 Å². The zero-order valence-corrected chi connectivity index (χ0v) is 20.6. The van der Waals surface area contributed by atoms with Gasteiger partial charge in [0.15, 0.2) is 0 Å². The Morgan fingerprint density at radius 2 is 1.89 bits per heavy atom. The molecule has 2 saturated carbocycles. The molecular weight excluding hydrogens is 444 g/mol. The Morgan fingerprint density at radius 1 is 1.14 bits per heavy atom. The summed E-state index contributed by atoms with van der Waals surface area (Å²) in [5.74, 6) is -0.231. The molecule has 4 rings (SSSR count). The van der Waals surface area contributed by atoms with E-state index in [9.17, 15) is 19.6 Å². The smallest absolute Gasteiger partial charge is 0.412 e. The molecule has 1 aromatic heterocycles. The lowest BCUT2D eigenvalue weighted by Gasteiger charge is -2.31. The Hall–Kier alpha value is -3.34. The third kappa shape index (κ3) is 6.41. The van der Waals surface area contributed by atoms with Gasteiger partial charge in [0.1, 0.15) is 17.1 Å². The molecule has 8 heteroatoms. The summed E-state index contributed by atoms with van der Waals surface area (Å²) in [7, 11) is 0. The zero-order chi connectivity index (χ0) is 25.2. The lowest BCUT2D eigenvalue weighted by molar-refractivity contribution is -0.125. The van der Waals surface area contributed by atoms with Crippen molar-refractivity contribution in [3.05, 3.63) is 30.0 Å². The summed E-state index contributed by atoms with van der Waals surface area (Å²) >= 11 is 0. The molecule has 0 radical (unpaired) electrons. The first-order chi connectivity index (χ1) is 16.6. The first-order valence-electron chi connectivity index (χ1n) is 12.5. The fourth-order valence-electron chi connectivity index (χ4n) is 4.87. The van der Waals surface area contributed by atoms with Crippen LogP contribution in [0.15, 0.2) is 24.3 Å². The molecule has 186 valence electrons. The van der Waals surface area contributed by atoms with E-state index in [1.165, 1.54) is 0 Å². The number of hydrogen-bond donors (Lipinski definition) is 3. The highest BCUT2D eigenvalue weighted by atomic mass is 16.6. The number of aromatic amines is 1. The van der Waals surface area contributed by atoms with Gasteiger partial charge in [-0.25, -0.2) is 4.79 Å². The number of amides is 2. The second kappa shape index (κ2) is 10.1. The van der Waals surface area contributed by atoms with Gasteiger partial charge in [-0.1, -0.05) is 12.8 Å². The van der Waals surface area contributed by atoms with Crippen molar-refractivity contribution in [3.8, 4) is 6.07 Å². The summed E-state index contributed by atoms with van der Waals surface area (Å²) in [4.78, 5) is 41.3. The largest absolute Gasteiger partial charge is 0.444 e. The van der Waals surface area contributed by atoms with Gasteiger partial charge in [0.2, 0.25) is 0 Å². The Labute approximate surface area is 205 Å². The third-order valence-corrected chi connectivity index (χ3v) is 6.78. The Balaban J connectivity index is 1.41. The standard InChI is InChI=1S/C27H34N4O4/c1-27(2,3)35-26(34)29-19-10-11-21-17(12-19)13-23(30-21)25(33)31-22-7-5-4-6-20(22)24(32)14-18(15-28)16-8-9-16/h10-13,16,18,20,22,30H,4-9,14H2,1-3H3,(H,29,34)(H,31,33). The van der Waals surface area contributed by atoms with E-state index in [2.05, 4.69) is 21.7 Å². The number of carbonyl (C=O) groups is 3. The van der Waals surface area contributed by atoms with Crippen LogP contribution in [0.1, 0.15) is 76.2 Å². The van der Waals surface area contributed by atoms with Gasteiger partial charge in [0, 0.05) is 35.0 Å². The molecule has 8 nitrogen and oxygen atoms in total. The number of carbonyl (C=O) groups excluding carboxylic acids is 3. The van der Waals surface area contributed by atoms with E-state index in [1.54, 1.807) is 45.0 Å². The number of fused-ring (bicyclic) bond motifs is 1. The molecule has 1 heterocycles. The minimum atomic E-state index is -0.598. The van der Waals surface area contributed by atoms with Crippen molar-refractivity contribution >= 4 is 34.4 Å². The highest BCUT2D eigenvalue weighted by Crippen LogP contribution is 2.39. The van der Waals surface area contributed by atoms with Crippen molar-refractivity contribution < 1.29 is 19.1 Å². The van der Waals surface area contributed by atoms with E-state index in [0.29, 0.717) is 17.3 Å². The van der Waals surface area contributed by atoms with Crippen molar-refractivity contribution in [1.29, 1.82) is 5.26 Å². The predicted octanol–water partition coefficient (Wildman–Crippen LogP) is 5.31. The number of aromatic nitrogens is 1. The van der Waals surface area contributed by atoms with Crippen LogP contribution in [0.25, 0.3) is 10.9 Å². The quantitative estimate of drug-likeness (QED) is 0.497. The molecular formula is C27H34N4O4. The van der Waals surface area contributed by atoms with Crippen LogP contribution in [0, 0.1) is 29.1 Å². The van der Waals surface area contributed by atoms with Crippen LogP contribution < -0.4 is 10.6 Å². The molecule has 3 N–H and O–H groups in total. The molecule has 3 unspecified atom stereocenters. The summed E-state index contributed by atoms with van der Waals surface area (Å²) in [6.45, 7) is 5.39. The average molecular weight is 479 g/mol. The maximum Gasteiger partial charge on any atom is 0.412 e. The number of benzene rings is 1. The lowest BCUT2D eigenvalue weighted by Crippen LogP contribution is -2.45. The van der Waals surface area contributed by atoms with Crippen LogP contribution in [0.4, 0.5) is 10.5 Å². The molecule has 2 aliphatic rings. The molecule has 1 aromatic carbocycles. The Kier molecular flexibility index (Phi) is 7.15. The van der Waals surface area contributed by atoms with Crippen LogP contribution in [-0.2, 0) is 9.53 Å². The number of nitrogens with one attached hydrogen (secondary N) is 3. The summed E-state index contributed by atoms with van der Waals surface area (Å²) in [6.07, 6.45) is 5.24. The SMILES string of the molecule is CC(C)(C)OC(=O)Nc1ccc2[nH]c(C(=O)NC3CCCCC3C(=O)CC(C#N)C3CC3)cc2c1. The van der Waals surface area contributed by atoms with E-state index >= 15 is 0 Å². The van der Waals surface area contributed by atoms with Gasteiger partial charge in [0.25, 0.3) is 5.91 Å². The maximum atomic E-state index is 13.1. The molecule has 2 aromatic rings. The van der Waals surface area contributed by atoms with Crippen LogP contribution in [0.5, 0.6) is 0 Å². The first-order valence-corrected chi connectivity index (χ1v) is 12.5. The second-order valence-corrected chi connectivity index (χ2v) is 10.8. The van der Waals surface area contributed by atoms with E-state index in [0.717, 1.165) is 49.4 Å². The normalized spacial score (nSPS) is 21.1. The fourth-order valence-corrected chi connectivity index (χ4v) is 4.87. The number of anilines is 1. The minimum absolute atomic E-state index is 0.1000. The molecule has 0 saturated heterocycles. The number of rotatable bonds is 7. The number of H-pyrrole nitrogens is 1. The van der Waals surface area contributed by atoms with E-state index in [-0.39, 0.29) is 36.0 Å². The lowest BCUT2D eigenvalue weighted by atomic mass is 9.79. The summed E-state index contributed by atoms with van der Waals surface area (Å²) in [6, 6.07) is 9.14. The highest BCUT2D eigenvalue weighted by molar-refractivity contribution is 5.99. The van der Waals surface area contributed by atoms with Crippen LogP contribution in [0.3, 0.4) is 0 Å². The van der Waals surface area contributed by atoms with Gasteiger partial charge in [-0.2, -0.15) is 5.26 Å². The number of ether oxygens (including phenoxy) is 1. The predicted molar refractivity (Wildman–Crippen MR) is 133 cm³/mol. The van der Waals surface area contributed by atoms with Crippen LogP contribution in [0.2, 0.25) is 0 Å². The number of nitriles is 1. The van der Waals surface area contributed by atoms with Gasteiger partial charge >= 0.3 is 6.09 Å². The van der Waals surface area contributed by atoms with E-state index in [1.807, 2.05) is 0 Å². The minimum Gasteiger partial charge on any atom is -0.444 e. The molecule has 2 aliphatic carbocycles. The molecule has 3 atom stereocenters. The van der Waals surface area contributed by atoms with Gasteiger partial charge < -0.3 is 15.0 Å². The topological polar surface area (TPSA) is 124 Å². The molecule has 0 aliphatic heterocycles. The van der Waals surface area contributed by atoms with Gasteiger partial charge in [-0.05, 0) is 76.6 Å². The van der Waals surface area contributed by atoms with E-state index in [4.69, 9.17) is 4.74 Å². The number of ketones is 1. The van der Waals surface area contributed by atoms with Crippen molar-refractivity contribution in [3.63, 3.8) is 0 Å². The van der Waals surface area contributed by atoms with Gasteiger partial charge in [-0.3, -0.25) is 14.9 Å². The molecule has 35 heavy (non-hydrogen) atoms. The maximum absolute atomic E-state index is 13.1. The molecule has 0 bridgehead atoms. The molecule has 2 fully saturated rings. The summed E-state index contributed by atoms with van der Waals surface area (Å²) in [5.41, 5.74) is 1.14. The monoisotopic (exact) mass is 478 g/mol. The van der Waals surface area contributed by atoms with Gasteiger partial charge in [0.05, 0.1) is 12.0 Å². The number of hydrogen-bond acceptors (Lipinski definition) is 5. The van der Waals surface area contributed by atoms with Crippen molar-refractivity contribution in [2.24, 2.45) is 17.8 Å². The fraction of sp³-hybridized carbons (Fsp3) is 0.556. The summed E-state index contributed by atoms with van der Waals surface area (Å²) < 4.78 is 5.29. The average Bonchev–Trinajstić information content (AvgIpc) is 3.54. The number of Topliss-reactive ketones (excluding diaryl/α,β-unsaturated/α-hetero) is 1. The second-order valence-electron chi connectivity index (χ2n) is 10.8. The van der Waals surface area contributed by atoms with Crippen LogP contribution >= 0.6 is 0 Å². The third-order valence-electron chi connectivity index (χ3n) is 6.78. The number of nitrogens with zero attached hydrogens (tertiary/aromatic N) is 1. The van der Waals surface area contributed by atoms with Gasteiger partial charge in [-0.15, -0.1) is 0 Å².